The number of carbonyl (C=O) groups is 1. The van der Waals surface area contributed by atoms with E-state index in [9.17, 15) is 9.36 Å². The summed E-state index contributed by atoms with van der Waals surface area (Å²) in [7, 11) is -1.28. The Bertz CT molecular complexity index is 1270. The monoisotopic (exact) mass is 507 g/mol. The summed E-state index contributed by atoms with van der Waals surface area (Å²) in [6.45, 7) is 1.38. The molecular formula is C28H30NO6P. The Labute approximate surface area is 211 Å². The third-order valence-corrected chi connectivity index (χ3v) is 8.49. The van der Waals surface area contributed by atoms with Gasteiger partial charge in [0.1, 0.15) is 11.4 Å². The maximum Gasteiger partial charge on any atom is 0.441 e. The summed E-state index contributed by atoms with van der Waals surface area (Å²) in [5, 5.41) is 0. The second kappa shape index (κ2) is 10.6. The molecule has 8 heteroatoms. The number of fused-ring (bicyclic) bond motifs is 1. The van der Waals surface area contributed by atoms with Gasteiger partial charge >= 0.3 is 7.60 Å². The van der Waals surface area contributed by atoms with Gasteiger partial charge < -0.3 is 24.3 Å². The van der Waals surface area contributed by atoms with E-state index in [0.29, 0.717) is 17.9 Å². The second-order valence-electron chi connectivity index (χ2n) is 8.70. The Morgan fingerprint density at radius 1 is 0.889 bits per heavy atom. The highest BCUT2D eigenvalue weighted by Crippen LogP contribution is 2.58. The van der Waals surface area contributed by atoms with E-state index in [1.165, 1.54) is 21.1 Å². The molecule has 0 radical (unpaired) electrons. The zero-order chi connectivity index (χ0) is 25.8. The molecule has 1 aliphatic rings. The van der Waals surface area contributed by atoms with Crippen LogP contribution in [0.15, 0.2) is 78.9 Å². The van der Waals surface area contributed by atoms with Crippen LogP contribution in [0.25, 0.3) is 6.08 Å². The van der Waals surface area contributed by atoms with Gasteiger partial charge in [-0.25, -0.2) is 4.57 Å². The average Bonchev–Trinajstić information content (AvgIpc) is 2.88. The van der Waals surface area contributed by atoms with Gasteiger partial charge in [-0.05, 0) is 55.2 Å². The van der Waals surface area contributed by atoms with Crippen LogP contribution < -0.4 is 24.3 Å². The van der Waals surface area contributed by atoms with Crippen LogP contribution in [0.2, 0.25) is 0 Å². The van der Waals surface area contributed by atoms with Gasteiger partial charge in [0.15, 0.2) is 23.0 Å². The topological polar surface area (TPSA) is 97.1 Å². The third kappa shape index (κ3) is 5.18. The standard InChI is InChI=1S/C28H30NO6P/c1-20(30)27(19-28(29)18-10-12-21-11-4-5-13-22(21)28)36(31,34-25-16-8-6-14-23(25)32-2)35-26-17-9-7-15-24(26)33-3/h4-17,27H,18-19,29H2,1-3H3. The molecule has 0 saturated carbocycles. The summed E-state index contributed by atoms with van der Waals surface area (Å²) in [5.74, 6) is 0.744. The van der Waals surface area contributed by atoms with Crippen molar-refractivity contribution < 1.29 is 27.9 Å². The van der Waals surface area contributed by atoms with Crippen LogP contribution in [0.4, 0.5) is 0 Å². The summed E-state index contributed by atoms with van der Waals surface area (Å²) in [6, 6.07) is 21.3. The molecule has 0 amide bonds. The largest absolute Gasteiger partial charge is 0.493 e. The first-order valence-corrected chi connectivity index (χ1v) is 13.2. The van der Waals surface area contributed by atoms with Crippen molar-refractivity contribution in [3.05, 3.63) is 90.0 Å². The molecule has 3 aromatic rings. The highest BCUT2D eigenvalue weighted by Gasteiger charge is 2.48. The Balaban J connectivity index is 1.80. The molecule has 3 aromatic carbocycles. The maximum atomic E-state index is 14.7. The number of para-hydroxylation sites is 4. The van der Waals surface area contributed by atoms with E-state index in [0.717, 1.165) is 11.1 Å². The molecule has 36 heavy (non-hydrogen) atoms. The molecule has 0 heterocycles. The molecule has 2 unspecified atom stereocenters. The fraction of sp³-hybridized carbons (Fsp3) is 0.250. The van der Waals surface area contributed by atoms with Gasteiger partial charge in [-0.1, -0.05) is 60.7 Å². The zero-order valence-electron chi connectivity index (χ0n) is 20.5. The molecule has 2 atom stereocenters. The number of hydrogen-bond donors (Lipinski definition) is 1. The lowest BCUT2D eigenvalue weighted by Gasteiger charge is -2.37. The minimum Gasteiger partial charge on any atom is -0.493 e. The van der Waals surface area contributed by atoms with Crippen LogP contribution in [-0.4, -0.2) is 25.7 Å². The molecule has 0 fully saturated rings. The minimum atomic E-state index is -4.24. The molecule has 0 saturated heterocycles. The quantitative estimate of drug-likeness (QED) is 0.338. The summed E-state index contributed by atoms with van der Waals surface area (Å²) >= 11 is 0. The van der Waals surface area contributed by atoms with Crippen LogP contribution in [0, 0.1) is 0 Å². The molecule has 0 aliphatic heterocycles. The Morgan fingerprint density at radius 2 is 1.39 bits per heavy atom. The van der Waals surface area contributed by atoms with Gasteiger partial charge in [-0.15, -0.1) is 0 Å². The van der Waals surface area contributed by atoms with Gasteiger partial charge in [0.25, 0.3) is 0 Å². The predicted molar refractivity (Wildman–Crippen MR) is 140 cm³/mol. The predicted octanol–water partition coefficient (Wildman–Crippen LogP) is 5.97. The molecule has 0 spiro atoms. The van der Waals surface area contributed by atoms with Gasteiger partial charge in [0, 0.05) is 5.54 Å². The van der Waals surface area contributed by atoms with E-state index in [1.807, 2.05) is 36.4 Å². The highest BCUT2D eigenvalue weighted by atomic mass is 31.2. The highest BCUT2D eigenvalue weighted by molar-refractivity contribution is 7.56. The normalized spacial score (nSPS) is 17.6. The molecule has 188 valence electrons. The lowest BCUT2D eigenvalue weighted by Crippen LogP contribution is -2.43. The maximum absolute atomic E-state index is 14.7. The lowest BCUT2D eigenvalue weighted by molar-refractivity contribution is -0.117. The van der Waals surface area contributed by atoms with Crippen LogP contribution in [-0.2, 0) is 14.9 Å². The van der Waals surface area contributed by atoms with Crippen molar-refractivity contribution in [3.63, 3.8) is 0 Å². The Morgan fingerprint density at radius 3 is 1.92 bits per heavy atom. The summed E-state index contributed by atoms with van der Waals surface area (Å²) < 4.78 is 37.7. The summed E-state index contributed by atoms with van der Waals surface area (Å²) in [5.41, 5.74) is 6.63. The molecular weight excluding hydrogens is 477 g/mol. The first-order chi connectivity index (χ1) is 17.3. The number of nitrogens with two attached hydrogens (primary N) is 1. The number of ketones is 1. The van der Waals surface area contributed by atoms with Crippen molar-refractivity contribution in [1.29, 1.82) is 0 Å². The first kappa shape index (κ1) is 25.5. The molecule has 0 aromatic heterocycles. The van der Waals surface area contributed by atoms with E-state index in [1.54, 1.807) is 48.5 Å². The van der Waals surface area contributed by atoms with Crippen molar-refractivity contribution >= 4 is 19.5 Å². The minimum absolute atomic E-state index is 0.0469. The smallest absolute Gasteiger partial charge is 0.441 e. The van der Waals surface area contributed by atoms with Crippen molar-refractivity contribution in [1.82, 2.24) is 0 Å². The van der Waals surface area contributed by atoms with E-state index in [2.05, 4.69) is 0 Å². The first-order valence-electron chi connectivity index (χ1n) is 11.6. The number of methoxy groups -OCH3 is 2. The van der Waals surface area contributed by atoms with Crippen LogP contribution in [0.3, 0.4) is 0 Å². The third-order valence-electron chi connectivity index (χ3n) is 6.27. The van der Waals surface area contributed by atoms with Crippen molar-refractivity contribution in [3.8, 4) is 23.0 Å². The number of benzene rings is 3. The summed E-state index contributed by atoms with van der Waals surface area (Å²) in [6.07, 6.45) is 4.48. The van der Waals surface area contributed by atoms with Crippen LogP contribution >= 0.6 is 7.60 Å². The fourth-order valence-corrected chi connectivity index (χ4v) is 6.56. The summed E-state index contributed by atoms with van der Waals surface area (Å²) in [4.78, 5) is 13.1. The van der Waals surface area contributed by atoms with Gasteiger partial charge in [0.2, 0.25) is 0 Å². The molecule has 4 rings (SSSR count). The van der Waals surface area contributed by atoms with E-state index in [-0.39, 0.29) is 23.7 Å². The zero-order valence-corrected chi connectivity index (χ0v) is 21.4. The molecule has 0 bridgehead atoms. The average molecular weight is 508 g/mol. The van der Waals surface area contributed by atoms with Crippen molar-refractivity contribution in [2.45, 2.75) is 31.0 Å². The molecule has 2 N–H and O–H groups in total. The van der Waals surface area contributed by atoms with E-state index in [4.69, 9.17) is 24.3 Å². The van der Waals surface area contributed by atoms with Gasteiger partial charge in [-0.3, -0.25) is 4.79 Å². The van der Waals surface area contributed by atoms with E-state index >= 15 is 0 Å². The number of carbonyl (C=O) groups excluding carboxylic acids is 1. The molecule has 7 nitrogen and oxygen atoms in total. The second-order valence-corrected chi connectivity index (χ2v) is 10.8. The number of ether oxygens (including phenoxy) is 2. The van der Waals surface area contributed by atoms with Crippen LogP contribution in [0.5, 0.6) is 23.0 Å². The molecule has 1 aliphatic carbocycles. The van der Waals surface area contributed by atoms with Crippen LogP contribution in [0.1, 0.15) is 30.9 Å². The van der Waals surface area contributed by atoms with E-state index < -0.39 is 18.8 Å². The van der Waals surface area contributed by atoms with Crippen molar-refractivity contribution in [2.75, 3.05) is 14.2 Å². The Hall–Kier alpha value is -3.54. The lowest BCUT2D eigenvalue weighted by atomic mass is 9.77. The number of Topliss-reactive ketones (excluding diaryl/α,β-unsaturated/α-hetero) is 1. The van der Waals surface area contributed by atoms with Gasteiger partial charge in [0.05, 0.1) is 14.2 Å². The number of rotatable bonds is 10. The van der Waals surface area contributed by atoms with Gasteiger partial charge in [-0.2, -0.15) is 0 Å². The van der Waals surface area contributed by atoms with Crippen molar-refractivity contribution in [2.24, 2.45) is 5.73 Å². The fourth-order valence-electron chi connectivity index (χ4n) is 4.43. The Kier molecular flexibility index (Phi) is 7.53. The SMILES string of the molecule is COc1ccccc1OP(=O)(Oc1ccccc1OC)C(CC1(N)CC=Cc2ccccc21)C(C)=O. The number of hydrogen-bond acceptors (Lipinski definition) is 7.